The summed E-state index contributed by atoms with van der Waals surface area (Å²) in [7, 11) is 0. The van der Waals surface area contributed by atoms with Gasteiger partial charge in [0.1, 0.15) is 0 Å². The minimum atomic E-state index is -0.158. The lowest BCUT2D eigenvalue weighted by Crippen LogP contribution is -2.57. The van der Waals surface area contributed by atoms with Gasteiger partial charge in [-0.3, -0.25) is 0 Å². The van der Waals surface area contributed by atoms with Crippen molar-refractivity contribution in [3.63, 3.8) is 0 Å². The third-order valence-corrected chi connectivity index (χ3v) is 21.3. The molecule has 4 saturated carbocycles. The van der Waals surface area contributed by atoms with E-state index in [9.17, 15) is 0 Å². The molecule has 4 fully saturated rings. The number of hydrogen-bond acceptors (Lipinski definition) is 1. The van der Waals surface area contributed by atoms with Crippen LogP contribution in [0.2, 0.25) is 0 Å². The molecular weight excluding hydrogens is 916 g/mol. The minimum absolute atomic E-state index is 0.0247. The van der Waals surface area contributed by atoms with Gasteiger partial charge in [-0.1, -0.05) is 189 Å². The summed E-state index contributed by atoms with van der Waals surface area (Å²) in [5.74, 6) is 1.72. The van der Waals surface area contributed by atoms with Crippen molar-refractivity contribution in [1.82, 2.24) is 4.48 Å². The molecule has 5 aliphatic carbocycles. The summed E-state index contributed by atoms with van der Waals surface area (Å²) < 4.78 is 2.89. The average Bonchev–Trinajstić information content (AvgIpc) is 3.93. The zero-order valence-corrected chi connectivity index (χ0v) is 45.5. The molecule has 3 heteroatoms. The molecule has 2 nitrogen and oxygen atoms in total. The van der Waals surface area contributed by atoms with Crippen molar-refractivity contribution in [3.8, 4) is 44.5 Å². The Labute approximate surface area is 451 Å². The van der Waals surface area contributed by atoms with Crippen LogP contribution in [-0.4, -0.2) is 11.3 Å². The van der Waals surface area contributed by atoms with E-state index in [1.54, 1.807) is 11.1 Å². The fraction of sp³-hybridized carbons (Fsp3) is 0.342. The van der Waals surface area contributed by atoms with E-state index in [1.165, 1.54) is 201 Å². The van der Waals surface area contributed by atoms with Crippen molar-refractivity contribution in [2.24, 2.45) is 11.8 Å². The average molecular weight is 987 g/mol. The summed E-state index contributed by atoms with van der Waals surface area (Å²) in [6, 6.07) is 63.4. The van der Waals surface area contributed by atoms with Crippen LogP contribution in [0.4, 0.5) is 17.1 Å². The molecule has 0 unspecified atom stereocenters. The first kappa shape index (κ1) is 45.6. The zero-order valence-electron chi connectivity index (χ0n) is 45.5. The molecule has 0 radical (unpaired) electrons. The normalized spacial score (nSPS) is 23.5. The molecule has 0 atom stereocenters. The van der Waals surface area contributed by atoms with Crippen LogP contribution in [0.25, 0.3) is 66.3 Å². The number of anilines is 3. The van der Waals surface area contributed by atoms with Gasteiger partial charge in [0, 0.05) is 49.7 Å². The number of aromatic nitrogens is 1. The molecule has 16 rings (SSSR count). The molecule has 2 aliphatic heterocycles. The summed E-state index contributed by atoms with van der Waals surface area (Å²) in [5.41, 5.74) is 27.9. The van der Waals surface area contributed by atoms with Crippen molar-refractivity contribution in [1.29, 1.82) is 0 Å². The van der Waals surface area contributed by atoms with E-state index in [0.29, 0.717) is 5.41 Å². The summed E-state index contributed by atoms with van der Waals surface area (Å²) in [4.78, 5) is 2.74. The van der Waals surface area contributed by atoms with Gasteiger partial charge in [0.15, 0.2) is 0 Å². The maximum Gasteiger partial charge on any atom is 0.333 e. The highest BCUT2D eigenvalue weighted by atomic mass is 15.2. The molecule has 8 aromatic carbocycles. The number of hydrogen-bond donors (Lipinski definition) is 0. The van der Waals surface area contributed by atoms with E-state index in [1.807, 2.05) is 0 Å². The van der Waals surface area contributed by atoms with E-state index in [4.69, 9.17) is 0 Å². The van der Waals surface area contributed by atoms with Crippen molar-refractivity contribution in [2.45, 2.75) is 146 Å². The Hall–Kier alpha value is -6.58. The standard InChI is InChI=1S/C73H71BN2/c1-70(2,3)51-28-30-64(55(38-51)49-24-10-7-11-25-49)75-66-42-56-54-26-12-13-27-61(54)71(4,5)62(56)43-63(66)74-68-58(36-50(37-67(68)75)48-22-8-6-9-23-48)60-41-53(73-34-16-20-47(45-73)21-17-35-73)40-59-57-39-52(29-31-65(57)76(74)69(59)60)72-32-14-18-46(44-72)19-15-33-72/h6-13,22-31,36-43,46-47H,14-21,32-35,44-45H2,1-5H3. The Bertz CT molecular complexity index is 3860. The minimum Gasteiger partial charge on any atom is -0.375 e. The Morgan fingerprint density at radius 3 is 1.82 bits per heavy atom. The van der Waals surface area contributed by atoms with Crippen LogP contribution < -0.4 is 15.8 Å². The highest BCUT2D eigenvalue weighted by molar-refractivity contribution is 6.90. The Balaban J connectivity index is 1.06. The van der Waals surface area contributed by atoms with Gasteiger partial charge in [0.25, 0.3) is 0 Å². The molecule has 376 valence electrons. The van der Waals surface area contributed by atoms with Gasteiger partial charge in [-0.25, -0.2) is 0 Å². The molecule has 0 N–H and O–H groups in total. The van der Waals surface area contributed by atoms with E-state index in [2.05, 4.69) is 202 Å². The molecule has 0 amide bonds. The van der Waals surface area contributed by atoms with Crippen LogP contribution in [0, 0.1) is 11.8 Å². The van der Waals surface area contributed by atoms with E-state index >= 15 is 0 Å². The molecule has 3 heterocycles. The summed E-state index contributed by atoms with van der Waals surface area (Å²) in [5, 5.41) is 2.97. The highest BCUT2D eigenvalue weighted by Gasteiger charge is 2.49. The lowest BCUT2D eigenvalue weighted by atomic mass is 9.44. The van der Waals surface area contributed by atoms with Crippen LogP contribution >= 0.6 is 0 Å². The number of nitrogens with zero attached hydrogens (tertiary/aromatic N) is 2. The lowest BCUT2D eigenvalue weighted by molar-refractivity contribution is 0.149. The molecule has 9 aromatic rings. The topological polar surface area (TPSA) is 8.17 Å². The van der Waals surface area contributed by atoms with Gasteiger partial charge >= 0.3 is 6.85 Å². The fourth-order valence-corrected chi connectivity index (χ4v) is 17.6. The Kier molecular flexibility index (Phi) is 9.74. The van der Waals surface area contributed by atoms with E-state index in [-0.39, 0.29) is 23.1 Å². The van der Waals surface area contributed by atoms with Crippen LogP contribution in [-0.2, 0) is 21.7 Å². The fourth-order valence-electron chi connectivity index (χ4n) is 17.6. The van der Waals surface area contributed by atoms with Crippen LogP contribution in [0.1, 0.15) is 152 Å². The predicted octanol–water partition coefficient (Wildman–Crippen LogP) is 18.4. The molecule has 7 aliphatic rings. The molecule has 76 heavy (non-hydrogen) atoms. The van der Waals surface area contributed by atoms with E-state index < -0.39 is 0 Å². The summed E-state index contributed by atoms with van der Waals surface area (Å²) in [6.07, 6.45) is 19.1. The highest BCUT2D eigenvalue weighted by Crippen LogP contribution is 2.58. The third kappa shape index (κ3) is 6.47. The Morgan fingerprint density at radius 2 is 1.12 bits per heavy atom. The van der Waals surface area contributed by atoms with Gasteiger partial charge in [0.05, 0.1) is 5.69 Å². The number of rotatable bonds is 5. The van der Waals surface area contributed by atoms with Gasteiger partial charge in [-0.05, 0) is 193 Å². The van der Waals surface area contributed by atoms with Crippen molar-refractivity contribution < 1.29 is 0 Å². The van der Waals surface area contributed by atoms with Gasteiger partial charge in [-0.15, -0.1) is 0 Å². The molecule has 1 aromatic heterocycles. The first-order valence-corrected chi connectivity index (χ1v) is 29.6. The summed E-state index contributed by atoms with van der Waals surface area (Å²) >= 11 is 0. The largest absolute Gasteiger partial charge is 0.375 e. The van der Waals surface area contributed by atoms with E-state index in [0.717, 1.165) is 11.8 Å². The molecular formula is C73H71BN2. The van der Waals surface area contributed by atoms with Crippen molar-refractivity contribution >= 4 is 56.6 Å². The maximum absolute atomic E-state index is 2.89. The Morgan fingerprint density at radius 1 is 0.474 bits per heavy atom. The second-order valence-corrected chi connectivity index (χ2v) is 26.8. The van der Waals surface area contributed by atoms with Crippen LogP contribution in [0.3, 0.4) is 0 Å². The van der Waals surface area contributed by atoms with Gasteiger partial charge in [-0.2, -0.15) is 0 Å². The van der Waals surface area contributed by atoms with Gasteiger partial charge < -0.3 is 9.38 Å². The van der Waals surface area contributed by atoms with Crippen molar-refractivity contribution in [2.75, 3.05) is 4.90 Å². The lowest BCUT2D eigenvalue weighted by Gasteiger charge is -2.46. The maximum atomic E-state index is 2.89. The van der Waals surface area contributed by atoms with Crippen LogP contribution in [0.5, 0.6) is 0 Å². The second kappa shape index (κ2) is 16.2. The first-order chi connectivity index (χ1) is 37.0. The SMILES string of the molecule is CC(C)(C)c1ccc(N2c3cc4c(cc3B3c5c(cc(-c6ccccc6)cc52)-c2cc(C56CCCC(CCC5)C6)cc5c6cc(C78CCCC(CCC7)C8)ccc6n3c25)C(C)(C)c2ccccc2-4)c(-c2ccccc2)c1. The second-order valence-electron chi connectivity index (χ2n) is 26.8. The van der Waals surface area contributed by atoms with Crippen molar-refractivity contribution in [3.05, 3.63) is 186 Å². The molecule has 4 bridgehead atoms. The monoisotopic (exact) mass is 987 g/mol. The van der Waals surface area contributed by atoms with Gasteiger partial charge in [0.2, 0.25) is 0 Å². The molecule has 0 saturated heterocycles. The number of benzene rings is 8. The van der Waals surface area contributed by atoms with Crippen LogP contribution in [0.15, 0.2) is 158 Å². The smallest absolute Gasteiger partial charge is 0.333 e. The number of fused-ring (bicyclic) bond motifs is 14. The quantitative estimate of drug-likeness (QED) is 0.156. The zero-order chi connectivity index (χ0) is 50.9. The molecule has 0 spiro atoms. The summed E-state index contributed by atoms with van der Waals surface area (Å²) in [6.45, 7) is 12.0. The third-order valence-electron chi connectivity index (χ3n) is 21.3. The predicted molar refractivity (Wildman–Crippen MR) is 322 cm³/mol. The first-order valence-electron chi connectivity index (χ1n) is 29.6.